The second-order valence-electron chi connectivity index (χ2n) is 8.12. The molecule has 0 unspecified atom stereocenters. The molecule has 5 rings (SSSR count). The lowest BCUT2D eigenvalue weighted by Gasteiger charge is -2.04. The Bertz CT molecular complexity index is 1400. The lowest BCUT2D eigenvalue weighted by Crippen LogP contribution is -2.22. The average Bonchev–Trinajstić information content (AvgIpc) is 3.38. The van der Waals surface area contributed by atoms with E-state index in [4.69, 9.17) is 0 Å². The predicted molar refractivity (Wildman–Crippen MR) is 121 cm³/mol. The number of carbonyl (C=O) groups is 2. The predicted octanol–water partition coefficient (Wildman–Crippen LogP) is 3.69. The van der Waals surface area contributed by atoms with Crippen molar-refractivity contribution in [2.24, 2.45) is 0 Å². The number of H-pyrrole nitrogens is 1. The largest absolute Gasteiger partial charge is 0.396 e. The summed E-state index contributed by atoms with van der Waals surface area (Å²) in [4.78, 5) is 29.2. The molecule has 2 aromatic heterocycles. The van der Waals surface area contributed by atoms with Crippen molar-refractivity contribution in [1.82, 2.24) is 14.9 Å². The number of aliphatic hydroxyl groups is 1. The van der Waals surface area contributed by atoms with Crippen molar-refractivity contribution in [3.8, 4) is 0 Å². The van der Waals surface area contributed by atoms with Gasteiger partial charge in [0.1, 0.15) is 0 Å². The summed E-state index contributed by atoms with van der Waals surface area (Å²) in [5, 5.41) is 13.6. The lowest BCUT2D eigenvalue weighted by atomic mass is 9.95. The first kappa shape index (κ1) is 19.3. The number of rotatable bonds is 5. The zero-order valence-electron chi connectivity index (χ0n) is 17.5. The molecular formula is C25H23N3O3. The summed E-state index contributed by atoms with van der Waals surface area (Å²) in [6.45, 7) is 4.72. The Morgan fingerprint density at radius 2 is 1.58 bits per heavy atom. The first-order valence-corrected chi connectivity index (χ1v) is 10.4. The number of hydrogen-bond donors (Lipinski definition) is 3. The van der Waals surface area contributed by atoms with Crippen molar-refractivity contribution in [1.29, 1.82) is 0 Å². The fourth-order valence-corrected chi connectivity index (χ4v) is 4.45. The Morgan fingerprint density at radius 3 is 2.32 bits per heavy atom. The highest BCUT2D eigenvalue weighted by Gasteiger charge is 2.35. The van der Waals surface area contributed by atoms with Gasteiger partial charge in [0, 0.05) is 58.5 Å². The quantitative estimate of drug-likeness (QED) is 0.436. The molecule has 0 atom stereocenters. The van der Waals surface area contributed by atoms with Crippen LogP contribution >= 0.6 is 0 Å². The van der Waals surface area contributed by atoms with Gasteiger partial charge in [-0.1, -0.05) is 23.3 Å². The molecular weight excluding hydrogens is 390 g/mol. The van der Waals surface area contributed by atoms with Crippen molar-refractivity contribution < 1.29 is 14.7 Å². The van der Waals surface area contributed by atoms with E-state index in [2.05, 4.69) is 10.3 Å². The number of fused-ring (bicyclic) bond motifs is 2. The van der Waals surface area contributed by atoms with E-state index in [0.717, 1.165) is 44.1 Å². The summed E-state index contributed by atoms with van der Waals surface area (Å²) in [6.07, 6.45) is 4.33. The van der Waals surface area contributed by atoms with Crippen LogP contribution in [0.4, 0.5) is 0 Å². The minimum Gasteiger partial charge on any atom is -0.396 e. The van der Waals surface area contributed by atoms with Gasteiger partial charge in [-0.25, -0.2) is 0 Å². The molecule has 0 saturated carbocycles. The molecule has 1 aliphatic heterocycles. The molecule has 0 radical (unpaired) electrons. The number of nitrogens with zero attached hydrogens (tertiary/aromatic N) is 1. The normalized spacial score (nSPS) is 14.3. The van der Waals surface area contributed by atoms with Crippen molar-refractivity contribution in [3.63, 3.8) is 0 Å². The fourth-order valence-electron chi connectivity index (χ4n) is 4.45. The zero-order chi connectivity index (χ0) is 21.7. The Labute approximate surface area is 179 Å². The summed E-state index contributed by atoms with van der Waals surface area (Å²) < 4.78 is 2.04. The number of benzene rings is 2. The van der Waals surface area contributed by atoms with Crippen molar-refractivity contribution in [2.75, 3.05) is 6.61 Å². The van der Waals surface area contributed by atoms with Crippen LogP contribution in [0.2, 0.25) is 0 Å². The molecule has 156 valence electrons. The third-order valence-electron chi connectivity index (χ3n) is 5.90. The van der Waals surface area contributed by atoms with Gasteiger partial charge in [-0.3, -0.25) is 14.9 Å². The van der Waals surface area contributed by atoms with Crippen LogP contribution in [0.25, 0.3) is 33.0 Å². The van der Waals surface area contributed by atoms with Crippen molar-refractivity contribution >= 4 is 44.8 Å². The van der Waals surface area contributed by atoms with Gasteiger partial charge in [-0.15, -0.1) is 0 Å². The number of aromatic amines is 1. The van der Waals surface area contributed by atoms with Crippen LogP contribution in [0.5, 0.6) is 0 Å². The Balaban J connectivity index is 1.81. The average molecular weight is 413 g/mol. The molecule has 0 saturated heterocycles. The Hall–Kier alpha value is -3.64. The molecule has 0 bridgehead atoms. The second-order valence-corrected chi connectivity index (χ2v) is 8.12. The summed E-state index contributed by atoms with van der Waals surface area (Å²) in [7, 11) is 0. The minimum absolute atomic E-state index is 0.0858. The molecule has 4 aromatic rings. The maximum Gasteiger partial charge on any atom is 0.259 e. The lowest BCUT2D eigenvalue weighted by molar-refractivity contribution is -0.122. The van der Waals surface area contributed by atoms with Crippen LogP contribution in [0, 0.1) is 13.8 Å². The highest BCUT2D eigenvalue weighted by Crippen LogP contribution is 2.38. The SMILES string of the molecule is Cc1ccc2[nH]cc(C3=C(c4cn(CCCO)c5ccc(C)cc45)C(=O)NC3=O)c2c1. The topological polar surface area (TPSA) is 87.1 Å². The van der Waals surface area contributed by atoms with Crippen LogP contribution in [0.15, 0.2) is 48.8 Å². The standard InChI is InChI=1S/C25H23N3O3/c1-14-4-6-20-16(10-14)18(12-26-20)22-23(25(31)27-24(22)30)19-13-28(8-3-9-29)21-7-5-15(2)11-17(19)21/h4-7,10-13,26,29H,3,8-9H2,1-2H3,(H,27,30,31). The van der Waals surface area contributed by atoms with Crippen LogP contribution in [-0.4, -0.2) is 33.1 Å². The zero-order valence-corrected chi connectivity index (χ0v) is 17.5. The summed E-state index contributed by atoms with van der Waals surface area (Å²) in [5.74, 6) is -0.768. The number of carbonyl (C=O) groups excluding carboxylic acids is 2. The van der Waals surface area contributed by atoms with Crippen LogP contribution in [0.3, 0.4) is 0 Å². The van der Waals surface area contributed by atoms with E-state index in [9.17, 15) is 14.7 Å². The molecule has 3 heterocycles. The number of nitrogens with one attached hydrogen (secondary N) is 2. The molecule has 0 spiro atoms. The number of aliphatic hydroxyl groups excluding tert-OH is 1. The van der Waals surface area contributed by atoms with E-state index in [1.807, 2.05) is 61.0 Å². The Kier molecular flexibility index (Phi) is 4.52. The molecule has 2 aromatic carbocycles. The molecule has 6 nitrogen and oxygen atoms in total. The van der Waals surface area contributed by atoms with Crippen LogP contribution in [-0.2, 0) is 16.1 Å². The summed E-state index contributed by atoms with van der Waals surface area (Å²) >= 11 is 0. The van der Waals surface area contributed by atoms with E-state index < -0.39 is 0 Å². The summed E-state index contributed by atoms with van der Waals surface area (Å²) in [6, 6.07) is 12.1. The Morgan fingerprint density at radius 1 is 0.903 bits per heavy atom. The van der Waals surface area contributed by atoms with Gasteiger partial charge in [0.2, 0.25) is 0 Å². The maximum atomic E-state index is 13.0. The molecule has 3 N–H and O–H groups in total. The number of aryl methyl sites for hydroxylation is 3. The third kappa shape index (κ3) is 3.07. The van der Waals surface area contributed by atoms with Gasteiger partial charge in [0.15, 0.2) is 0 Å². The summed E-state index contributed by atoms with van der Waals surface area (Å²) in [5.41, 5.74) is 6.29. The number of aromatic nitrogens is 2. The first-order chi connectivity index (χ1) is 15.0. The molecule has 31 heavy (non-hydrogen) atoms. The van der Waals surface area contributed by atoms with E-state index in [1.54, 1.807) is 6.20 Å². The highest BCUT2D eigenvalue weighted by molar-refractivity contribution is 6.50. The van der Waals surface area contributed by atoms with Gasteiger partial charge in [0.05, 0.1) is 11.1 Å². The van der Waals surface area contributed by atoms with E-state index in [-0.39, 0.29) is 18.4 Å². The number of hydrogen-bond acceptors (Lipinski definition) is 3. The minimum atomic E-state index is -0.385. The van der Waals surface area contributed by atoms with Crippen molar-refractivity contribution in [2.45, 2.75) is 26.8 Å². The van der Waals surface area contributed by atoms with Crippen LogP contribution < -0.4 is 5.32 Å². The van der Waals surface area contributed by atoms with Crippen LogP contribution in [0.1, 0.15) is 28.7 Å². The highest BCUT2D eigenvalue weighted by atomic mass is 16.3. The van der Waals surface area contributed by atoms with E-state index >= 15 is 0 Å². The monoisotopic (exact) mass is 413 g/mol. The molecule has 0 fully saturated rings. The van der Waals surface area contributed by atoms with Gasteiger partial charge in [-0.05, 0) is 44.5 Å². The van der Waals surface area contributed by atoms with Crippen molar-refractivity contribution in [3.05, 3.63) is 71.0 Å². The van der Waals surface area contributed by atoms with E-state index in [1.165, 1.54) is 0 Å². The van der Waals surface area contributed by atoms with Gasteiger partial charge >= 0.3 is 0 Å². The van der Waals surface area contributed by atoms with Gasteiger partial charge in [-0.2, -0.15) is 0 Å². The van der Waals surface area contributed by atoms with Gasteiger partial charge < -0.3 is 14.7 Å². The van der Waals surface area contributed by atoms with Gasteiger partial charge in [0.25, 0.3) is 11.8 Å². The molecule has 0 aliphatic carbocycles. The van der Waals surface area contributed by atoms with E-state index in [0.29, 0.717) is 24.1 Å². The number of amides is 2. The third-order valence-corrected chi connectivity index (χ3v) is 5.90. The fraction of sp³-hybridized carbons (Fsp3) is 0.200. The molecule has 1 aliphatic rings. The molecule has 2 amide bonds. The number of imide groups is 1. The molecule has 6 heteroatoms. The second kappa shape index (κ2) is 7.25. The maximum absolute atomic E-state index is 13.0. The first-order valence-electron chi connectivity index (χ1n) is 10.4. The smallest absolute Gasteiger partial charge is 0.259 e.